The summed E-state index contributed by atoms with van der Waals surface area (Å²) in [5, 5.41) is 4.68. The summed E-state index contributed by atoms with van der Waals surface area (Å²) in [7, 11) is 1.68. The average Bonchev–Trinajstić information content (AvgIpc) is 2.58. The summed E-state index contributed by atoms with van der Waals surface area (Å²) in [6.45, 7) is 1.12. The lowest BCUT2D eigenvalue weighted by atomic mass is 9.96. The van der Waals surface area contributed by atoms with Gasteiger partial charge in [-0.1, -0.05) is 32.1 Å². The fourth-order valence-corrected chi connectivity index (χ4v) is 3.28. The standard InChI is InChI=1S/C19H27N3O2/c1-23-11-12-24-16-9-10-18-17(13-16)19(21-14-20-18)22-15-7-5-3-2-4-6-8-15/h9-10,13-15H,2-8,11-12H2,1H3,(H,20,21,22). The van der Waals surface area contributed by atoms with E-state index >= 15 is 0 Å². The van der Waals surface area contributed by atoms with Crippen LogP contribution in [0.4, 0.5) is 5.82 Å². The number of nitrogens with zero attached hydrogens (tertiary/aromatic N) is 2. The van der Waals surface area contributed by atoms with Crippen LogP contribution in [0.1, 0.15) is 44.9 Å². The highest BCUT2D eigenvalue weighted by atomic mass is 16.5. The smallest absolute Gasteiger partial charge is 0.137 e. The van der Waals surface area contributed by atoms with Crippen LogP contribution in [0.15, 0.2) is 24.5 Å². The van der Waals surface area contributed by atoms with Crippen molar-refractivity contribution in [2.45, 2.75) is 51.0 Å². The zero-order valence-electron chi connectivity index (χ0n) is 14.5. The van der Waals surface area contributed by atoms with Crippen molar-refractivity contribution in [3.05, 3.63) is 24.5 Å². The largest absolute Gasteiger partial charge is 0.491 e. The van der Waals surface area contributed by atoms with E-state index in [0.29, 0.717) is 19.3 Å². The van der Waals surface area contributed by atoms with Crippen LogP contribution in [-0.2, 0) is 4.74 Å². The molecule has 1 aromatic heterocycles. The SMILES string of the molecule is COCCOc1ccc2ncnc(NC3CCCCCCC3)c2c1. The lowest BCUT2D eigenvalue weighted by molar-refractivity contribution is 0.146. The number of hydrogen-bond acceptors (Lipinski definition) is 5. The van der Waals surface area contributed by atoms with Crippen LogP contribution in [0, 0.1) is 0 Å². The Bertz CT molecular complexity index is 640. The molecular weight excluding hydrogens is 302 g/mol. The second-order valence-electron chi connectivity index (χ2n) is 6.43. The third kappa shape index (κ3) is 4.57. The van der Waals surface area contributed by atoms with Crippen molar-refractivity contribution in [3.63, 3.8) is 0 Å². The highest BCUT2D eigenvalue weighted by Crippen LogP contribution is 2.27. The predicted octanol–water partition coefficient (Wildman–Crippen LogP) is 4.18. The van der Waals surface area contributed by atoms with Crippen molar-refractivity contribution in [1.29, 1.82) is 0 Å². The molecule has 1 aliphatic rings. The summed E-state index contributed by atoms with van der Waals surface area (Å²) in [4.78, 5) is 8.86. The van der Waals surface area contributed by atoms with E-state index in [1.165, 1.54) is 44.9 Å². The molecule has 0 amide bonds. The Morgan fingerprint density at radius 1 is 1.04 bits per heavy atom. The van der Waals surface area contributed by atoms with E-state index in [1.807, 2.05) is 18.2 Å². The molecule has 5 heteroatoms. The summed E-state index contributed by atoms with van der Waals surface area (Å²) in [5.74, 6) is 1.75. The first-order chi connectivity index (χ1) is 11.9. The number of fused-ring (bicyclic) bond motifs is 1. The van der Waals surface area contributed by atoms with Gasteiger partial charge >= 0.3 is 0 Å². The van der Waals surface area contributed by atoms with Gasteiger partial charge in [0.1, 0.15) is 24.5 Å². The number of benzene rings is 1. The Morgan fingerprint density at radius 3 is 2.62 bits per heavy atom. The summed E-state index contributed by atoms with van der Waals surface area (Å²) in [5.41, 5.74) is 0.942. The van der Waals surface area contributed by atoms with Crippen molar-refractivity contribution in [2.24, 2.45) is 0 Å². The van der Waals surface area contributed by atoms with E-state index in [1.54, 1.807) is 13.4 Å². The van der Waals surface area contributed by atoms with Gasteiger partial charge in [-0.25, -0.2) is 9.97 Å². The summed E-state index contributed by atoms with van der Waals surface area (Å²) >= 11 is 0. The van der Waals surface area contributed by atoms with Crippen LogP contribution in [0.2, 0.25) is 0 Å². The summed E-state index contributed by atoms with van der Waals surface area (Å²) in [6, 6.07) is 6.46. The Hall–Kier alpha value is -1.88. The van der Waals surface area contributed by atoms with Gasteiger partial charge in [-0.05, 0) is 31.0 Å². The van der Waals surface area contributed by atoms with Crippen molar-refractivity contribution in [3.8, 4) is 5.75 Å². The molecule has 0 atom stereocenters. The van der Waals surface area contributed by atoms with E-state index in [0.717, 1.165) is 22.5 Å². The zero-order chi connectivity index (χ0) is 16.6. The predicted molar refractivity (Wildman–Crippen MR) is 96.6 cm³/mol. The third-order valence-corrected chi connectivity index (χ3v) is 4.61. The highest BCUT2D eigenvalue weighted by molar-refractivity contribution is 5.90. The molecule has 5 nitrogen and oxygen atoms in total. The Balaban J connectivity index is 1.76. The Kier molecular flexibility index (Phi) is 6.24. The maximum absolute atomic E-state index is 5.73. The van der Waals surface area contributed by atoms with Gasteiger partial charge in [0.25, 0.3) is 0 Å². The fraction of sp³-hybridized carbons (Fsp3) is 0.579. The third-order valence-electron chi connectivity index (χ3n) is 4.61. The van der Waals surface area contributed by atoms with Crippen LogP contribution < -0.4 is 10.1 Å². The van der Waals surface area contributed by atoms with Gasteiger partial charge in [0.05, 0.1) is 12.1 Å². The van der Waals surface area contributed by atoms with E-state index in [9.17, 15) is 0 Å². The molecule has 130 valence electrons. The molecule has 1 N–H and O–H groups in total. The zero-order valence-corrected chi connectivity index (χ0v) is 14.5. The molecule has 0 aliphatic heterocycles. The van der Waals surface area contributed by atoms with Gasteiger partial charge in [-0.3, -0.25) is 0 Å². The maximum atomic E-state index is 5.73. The normalized spacial score (nSPS) is 16.5. The first kappa shape index (κ1) is 17.0. The maximum Gasteiger partial charge on any atom is 0.137 e. The monoisotopic (exact) mass is 329 g/mol. The van der Waals surface area contributed by atoms with E-state index in [2.05, 4.69) is 15.3 Å². The molecule has 1 aliphatic carbocycles. The second-order valence-corrected chi connectivity index (χ2v) is 6.43. The van der Waals surface area contributed by atoms with Crippen LogP contribution in [0.3, 0.4) is 0 Å². The molecule has 3 rings (SSSR count). The van der Waals surface area contributed by atoms with Crippen molar-refractivity contribution in [2.75, 3.05) is 25.6 Å². The highest BCUT2D eigenvalue weighted by Gasteiger charge is 2.14. The van der Waals surface area contributed by atoms with Gasteiger partial charge in [0.15, 0.2) is 0 Å². The molecule has 0 spiro atoms. The number of rotatable bonds is 6. The van der Waals surface area contributed by atoms with E-state index in [-0.39, 0.29) is 0 Å². The van der Waals surface area contributed by atoms with Crippen LogP contribution in [0.5, 0.6) is 5.75 Å². The number of hydrogen-bond donors (Lipinski definition) is 1. The molecule has 0 unspecified atom stereocenters. The number of ether oxygens (including phenoxy) is 2. The molecule has 0 radical (unpaired) electrons. The Morgan fingerprint density at radius 2 is 1.83 bits per heavy atom. The lowest BCUT2D eigenvalue weighted by Gasteiger charge is -2.22. The quantitative estimate of drug-likeness (QED) is 0.806. The van der Waals surface area contributed by atoms with Crippen molar-refractivity contribution in [1.82, 2.24) is 9.97 Å². The number of methoxy groups -OCH3 is 1. The summed E-state index contributed by atoms with van der Waals surface area (Å²) in [6.07, 6.45) is 10.7. The van der Waals surface area contributed by atoms with Gasteiger partial charge < -0.3 is 14.8 Å². The number of nitrogens with one attached hydrogen (secondary N) is 1. The molecule has 1 heterocycles. The van der Waals surface area contributed by atoms with Crippen LogP contribution in [0.25, 0.3) is 10.9 Å². The lowest BCUT2D eigenvalue weighted by Crippen LogP contribution is -2.21. The molecule has 1 saturated carbocycles. The first-order valence-corrected chi connectivity index (χ1v) is 9.00. The number of aromatic nitrogens is 2. The number of anilines is 1. The van der Waals surface area contributed by atoms with Crippen LogP contribution in [-0.4, -0.2) is 36.3 Å². The minimum Gasteiger partial charge on any atom is -0.491 e. The van der Waals surface area contributed by atoms with Crippen molar-refractivity contribution >= 4 is 16.7 Å². The molecule has 2 aromatic rings. The minimum absolute atomic E-state index is 0.501. The van der Waals surface area contributed by atoms with Crippen molar-refractivity contribution < 1.29 is 9.47 Å². The first-order valence-electron chi connectivity index (χ1n) is 9.00. The molecular formula is C19H27N3O2. The van der Waals surface area contributed by atoms with Gasteiger partial charge in [-0.2, -0.15) is 0 Å². The fourth-order valence-electron chi connectivity index (χ4n) is 3.28. The molecule has 1 aromatic carbocycles. The van der Waals surface area contributed by atoms with Gasteiger partial charge in [-0.15, -0.1) is 0 Å². The van der Waals surface area contributed by atoms with Crippen LogP contribution >= 0.6 is 0 Å². The molecule has 0 saturated heterocycles. The average molecular weight is 329 g/mol. The molecule has 0 bridgehead atoms. The molecule has 24 heavy (non-hydrogen) atoms. The van der Waals surface area contributed by atoms with Gasteiger partial charge in [0.2, 0.25) is 0 Å². The second kappa shape index (κ2) is 8.83. The van der Waals surface area contributed by atoms with Gasteiger partial charge in [0, 0.05) is 18.5 Å². The van der Waals surface area contributed by atoms with E-state index in [4.69, 9.17) is 9.47 Å². The van der Waals surface area contributed by atoms with E-state index < -0.39 is 0 Å². The Labute approximate surface area is 143 Å². The summed E-state index contributed by atoms with van der Waals surface area (Å²) < 4.78 is 10.8. The minimum atomic E-state index is 0.501. The topological polar surface area (TPSA) is 56.3 Å². The molecule has 1 fully saturated rings.